The number of rotatable bonds is 3. The molecule has 0 spiro atoms. The summed E-state index contributed by atoms with van der Waals surface area (Å²) in [6.07, 6.45) is -4.69. The van der Waals surface area contributed by atoms with Gasteiger partial charge in [0.1, 0.15) is 3.72 Å². The fourth-order valence-corrected chi connectivity index (χ4v) is 3.51. The number of carbonyl (C=O) groups excluding carboxylic acids is 1. The molecule has 0 bridgehead atoms. The van der Waals surface area contributed by atoms with Crippen molar-refractivity contribution in [2.45, 2.75) is 13.1 Å². The molecule has 0 unspecified atom stereocenters. The maximum Gasteiger partial charge on any atom is 0.417 e. The molecule has 1 heterocycles. The van der Waals surface area contributed by atoms with Gasteiger partial charge in [0.25, 0.3) is 5.91 Å². The first kappa shape index (κ1) is 18.2. The molecule has 0 atom stereocenters. The van der Waals surface area contributed by atoms with Crippen LogP contribution in [-0.4, -0.2) is 9.63 Å². The number of alkyl halides is 3. The summed E-state index contributed by atoms with van der Waals surface area (Å²) in [5.74, 6) is -0.898. The summed E-state index contributed by atoms with van der Waals surface area (Å²) in [6.45, 7) is 1.78. The van der Waals surface area contributed by atoms with Crippen LogP contribution in [0.5, 0.6) is 0 Å². The third-order valence-corrected chi connectivity index (χ3v) is 5.04. The molecule has 3 nitrogen and oxygen atoms in total. The molecule has 0 aliphatic rings. The van der Waals surface area contributed by atoms with E-state index in [1.165, 1.54) is 17.4 Å². The number of amides is 1. The van der Waals surface area contributed by atoms with Gasteiger partial charge in [-0.1, -0.05) is 11.6 Å². The number of hydrogen-bond donors (Lipinski definition) is 2. The predicted octanol–water partition coefficient (Wildman–Crippen LogP) is 5.74. The minimum atomic E-state index is -4.69. The van der Waals surface area contributed by atoms with Gasteiger partial charge >= 0.3 is 6.18 Å². The number of hydrogen-bond acceptors (Lipinski definition) is 3. The van der Waals surface area contributed by atoms with Crippen LogP contribution in [0.3, 0.4) is 0 Å². The van der Waals surface area contributed by atoms with E-state index in [9.17, 15) is 18.0 Å². The van der Waals surface area contributed by atoms with Crippen molar-refractivity contribution in [1.82, 2.24) is 0 Å². The molecule has 0 saturated carbocycles. The zero-order valence-corrected chi connectivity index (χ0v) is 15.2. The first-order valence-electron chi connectivity index (χ1n) is 6.12. The first-order valence-corrected chi connectivity index (χ1v) is 8.40. The standard InChI is InChI=1S/C14H9ClF3IN2OS/c1-6-4-10(11(23-6)12(19)20)21-13(22)8-3-2-7(15)5-9(8)14(16,17)18/h2-5,20H,1H3,(H,21,22). The summed E-state index contributed by atoms with van der Waals surface area (Å²) in [5.41, 5.74) is -1.29. The lowest BCUT2D eigenvalue weighted by atomic mass is 10.1. The topological polar surface area (TPSA) is 53.0 Å². The van der Waals surface area contributed by atoms with Crippen LogP contribution in [0.25, 0.3) is 0 Å². The molecular formula is C14H9ClF3IN2OS. The van der Waals surface area contributed by atoms with E-state index < -0.39 is 23.2 Å². The molecule has 0 radical (unpaired) electrons. The van der Waals surface area contributed by atoms with Gasteiger partial charge in [0.15, 0.2) is 0 Å². The van der Waals surface area contributed by atoms with Crippen molar-refractivity contribution in [3.63, 3.8) is 0 Å². The molecule has 1 aromatic carbocycles. The van der Waals surface area contributed by atoms with Crippen LogP contribution in [0.2, 0.25) is 5.02 Å². The summed E-state index contributed by atoms with van der Waals surface area (Å²) < 4.78 is 39.4. The van der Waals surface area contributed by atoms with Gasteiger partial charge in [0.05, 0.1) is 21.7 Å². The molecule has 2 rings (SSSR count). The maximum atomic E-state index is 13.1. The number of anilines is 1. The highest BCUT2D eigenvalue weighted by molar-refractivity contribution is 14.1. The van der Waals surface area contributed by atoms with Crippen molar-refractivity contribution >= 4 is 60.8 Å². The van der Waals surface area contributed by atoms with Crippen LogP contribution in [0.4, 0.5) is 18.9 Å². The Balaban J connectivity index is 2.41. The smallest absolute Gasteiger partial charge is 0.321 e. The lowest BCUT2D eigenvalue weighted by Gasteiger charge is -2.13. The van der Waals surface area contributed by atoms with E-state index in [2.05, 4.69) is 5.32 Å². The minimum absolute atomic E-state index is 0.102. The minimum Gasteiger partial charge on any atom is -0.321 e. The molecule has 1 amide bonds. The van der Waals surface area contributed by atoms with Crippen LogP contribution >= 0.6 is 45.5 Å². The second kappa shape index (κ2) is 6.78. The quantitative estimate of drug-likeness (QED) is 0.434. The number of carbonyl (C=O) groups is 1. The van der Waals surface area contributed by atoms with E-state index in [0.29, 0.717) is 10.6 Å². The summed E-state index contributed by atoms with van der Waals surface area (Å²) in [6, 6.07) is 4.60. The molecule has 0 aliphatic heterocycles. The Kier molecular flexibility index (Phi) is 5.37. The van der Waals surface area contributed by atoms with Gasteiger partial charge in [-0.05, 0) is 53.8 Å². The summed E-state index contributed by atoms with van der Waals surface area (Å²) >= 11 is 8.66. The van der Waals surface area contributed by atoms with E-state index >= 15 is 0 Å². The predicted molar refractivity (Wildman–Crippen MR) is 94.3 cm³/mol. The Morgan fingerprint density at radius 2 is 2.00 bits per heavy atom. The van der Waals surface area contributed by atoms with Crippen LogP contribution in [0, 0.1) is 12.3 Å². The Morgan fingerprint density at radius 1 is 1.35 bits per heavy atom. The van der Waals surface area contributed by atoms with Crippen molar-refractivity contribution in [3.8, 4) is 0 Å². The third-order valence-electron chi connectivity index (χ3n) is 2.83. The summed E-state index contributed by atoms with van der Waals surface area (Å²) in [5, 5.41) is 10.00. The van der Waals surface area contributed by atoms with Crippen LogP contribution in [0.15, 0.2) is 24.3 Å². The van der Waals surface area contributed by atoms with Crippen LogP contribution in [-0.2, 0) is 6.18 Å². The zero-order chi connectivity index (χ0) is 17.4. The van der Waals surface area contributed by atoms with Gasteiger partial charge in [0.2, 0.25) is 0 Å². The molecule has 0 saturated heterocycles. The molecule has 0 aliphatic carbocycles. The summed E-state index contributed by atoms with van der Waals surface area (Å²) in [4.78, 5) is 13.6. The monoisotopic (exact) mass is 472 g/mol. The number of aryl methyl sites for hydroxylation is 1. The van der Waals surface area contributed by atoms with E-state index in [4.69, 9.17) is 17.0 Å². The Hall–Kier alpha value is -1.13. The zero-order valence-electron chi connectivity index (χ0n) is 11.5. The second-order valence-corrected chi connectivity index (χ2v) is 7.33. The number of nitrogens with one attached hydrogen (secondary N) is 2. The van der Waals surface area contributed by atoms with Gasteiger partial charge < -0.3 is 5.32 Å². The molecule has 9 heteroatoms. The van der Waals surface area contributed by atoms with Gasteiger partial charge in [-0.2, -0.15) is 13.2 Å². The molecule has 1 aromatic heterocycles. The highest BCUT2D eigenvalue weighted by Gasteiger charge is 2.35. The second-order valence-electron chi connectivity index (χ2n) is 4.56. The van der Waals surface area contributed by atoms with Crippen molar-refractivity contribution in [3.05, 3.63) is 50.2 Å². The van der Waals surface area contributed by atoms with E-state index in [1.807, 2.05) is 0 Å². The van der Waals surface area contributed by atoms with Gasteiger partial charge in [-0.15, -0.1) is 11.3 Å². The fourth-order valence-electron chi connectivity index (χ4n) is 1.91. The highest BCUT2D eigenvalue weighted by Crippen LogP contribution is 2.35. The van der Waals surface area contributed by atoms with Gasteiger partial charge in [0, 0.05) is 9.90 Å². The average Bonchev–Trinajstić information content (AvgIpc) is 2.78. The van der Waals surface area contributed by atoms with E-state index in [1.54, 1.807) is 35.6 Å². The normalized spacial score (nSPS) is 11.4. The number of benzene rings is 1. The molecule has 2 N–H and O–H groups in total. The molecule has 0 fully saturated rings. The highest BCUT2D eigenvalue weighted by atomic mass is 127. The largest absolute Gasteiger partial charge is 0.417 e. The lowest BCUT2D eigenvalue weighted by molar-refractivity contribution is -0.137. The van der Waals surface area contributed by atoms with E-state index in [0.717, 1.165) is 17.0 Å². The van der Waals surface area contributed by atoms with Crippen molar-refractivity contribution in [2.24, 2.45) is 0 Å². The Labute approximate surface area is 152 Å². The molecule has 23 heavy (non-hydrogen) atoms. The SMILES string of the molecule is Cc1cc(NC(=O)c2ccc(Cl)cc2C(F)(F)F)c(C(=N)I)s1. The molecular weight excluding hydrogens is 464 g/mol. The lowest BCUT2D eigenvalue weighted by Crippen LogP contribution is -2.19. The molecule has 2 aromatic rings. The Bertz CT molecular complexity index is 789. The van der Waals surface area contributed by atoms with Gasteiger partial charge in [-0.3, -0.25) is 10.2 Å². The van der Waals surface area contributed by atoms with Crippen molar-refractivity contribution < 1.29 is 18.0 Å². The van der Waals surface area contributed by atoms with E-state index in [-0.39, 0.29) is 8.74 Å². The van der Waals surface area contributed by atoms with Crippen molar-refractivity contribution in [1.29, 1.82) is 5.41 Å². The maximum absolute atomic E-state index is 13.1. The van der Waals surface area contributed by atoms with Crippen molar-refractivity contribution in [2.75, 3.05) is 5.32 Å². The average molecular weight is 473 g/mol. The molecule has 122 valence electrons. The van der Waals surface area contributed by atoms with Gasteiger partial charge in [-0.25, -0.2) is 0 Å². The number of thiophene rings is 1. The van der Waals surface area contributed by atoms with Crippen LogP contribution in [0.1, 0.15) is 25.7 Å². The first-order chi connectivity index (χ1) is 10.6. The van der Waals surface area contributed by atoms with Crippen LogP contribution < -0.4 is 5.32 Å². The summed E-state index contributed by atoms with van der Waals surface area (Å²) in [7, 11) is 0. The number of halogens is 5. The Morgan fingerprint density at radius 3 is 2.57 bits per heavy atom. The third kappa shape index (κ3) is 4.24. The fraction of sp³-hybridized carbons (Fsp3) is 0.143.